The molecule has 4 heterocycles. The van der Waals surface area contributed by atoms with Gasteiger partial charge in [-0.1, -0.05) is 12.1 Å². The molecule has 0 radical (unpaired) electrons. The van der Waals surface area contributed by atoms with E-state index in [2.05, 4.69) is 30.7 Å². The highest BCUT2D eigenvalue weighted by Crippen LogP contribution is 2.45. The van der Waals surface area contributed by atoms with E-state index in [1.807, 2.05) is 13.0 Å². The number of aliphatic hydroxyl groups excluding tert-OH is 2. The maximum atomic E-state index is 13.2. The van der Waals surface area contributed by atoms with Crippen LogP contribution in [0.2, 0.25) is 0 Å². The van der Waals surface area contributed by atoms with Gasteiger partial charge in [0.15, 0.2) is 0 Å². The Morgan fingerprint density at radius 2 is 1.73 bits per heavy atom. The van der Waals surface area contributed by atoms with Crippen LogP contribution in [0.3, 0.4) is 0 Å². The van der Waals surface area contributed by atoms with Gasteiger partial charge in [-0.05, 0) is 69.0 Å². The van der Waals surface area contributed by atoms with Crippen molar-refractivity contribution in [3.8, 4) is 16.3 Å². The Hall–Kier alpha value is -4.64. The van der Waals surface area contributed by atoms with Gasteiger partial charge < -0.3 is 30.9 Å². The maximum absolute atomic E-state index is 13.2. The Morgan fingerprint density at radius 3 is 2.41 bits per heavy atom. The molecule has 17 heteroatoms. The Kier molecular flexibility index (Phi) is 10.3. The number of fused-ring (bicyclic) bond motifs is 1. The number of halogens is 4. The number of ether oxygens (including phenoxy) is 1. The summed E-state index contributed by atoms with van der Waals surface area (Å²) in [5, 5.41) is 32.0. The number of anilines is 3. The number of aromatic nitrogens is 5. The Labute approximate surface area is 300 Å². The second kappa shape index (κ2) is 14.5. The zero-order chi connectivity index (χ0) is 35.2. The van der Waals surface area contributed by atoms with Crippen LogP contribution in [0.25, 0.3) is 20.8 Å². The predicted octanol–water partition coefficient (Wildman–Crippen LogP) is 6.38. The highest BCUT2D eigenvalue weighted by atomic mass is 35.5. The molecule has 51 heavy (non-hydrogen) atoms. The average Bonchev–Trinajstić information content (AvgIpc) is 3.77. The van der Waals surface area contributed by atoms with Crippen molar-refractivity contribution in [3.63, 3.8) is 0 Å². The molecule has 0 saturated heterocycles. The van der Waals surface area contributed by atoms with Crippen LogP contribution in [0.5, 0.6) is 5.75 Å². The van der Waals surface area contributed by atoms with Crippen molar-refractivity contribution in [2.24, 2.45) is 5.92 Å². The van der Waals surface area contributed by atoms with E-state index in [9.17, 15) is 28.2 Å². The van der Waals surface area contributed by atoms with Crippen molar-refractivity contribution >= 4 is 57.3 Å². The van der Waals surface area contributed by atoms with Crippen molar-refractivity contribution in [3.05, 3.63) is 78.0 Å². The summed E-state index contributed by atoms with van der Waals surface area (Å²) in [5.74, 6) is -0.793. The van der Waals surface area contributed by atoms with Gasteiger partial charge >= 0.3 is 6.36 Å². The van der Waals surface area contributed by atoms with Crippen molar-refractivity contribution < 1.29 is 32.9 Å². The van der Waals surface area contributed by atoms with Crippen molar-refractivity contribution in [2.45, 2.75) is 69.7 Å². The SMILES string of the molecule is Cc1nc(N[C@H](C)c2ccc(OC(F)(F)F)cc2)nc(N[C@@H]2C[C@H](C(=O)Nc3ccncc3)[C@@H](O)[C@H]2O)c1-c1nc2c(C3CC3)nccc2s1.Cl. The van der Waals surface area contributed by atoms with Gasteiger partial charge in [0, 0.05) is 30.2 Å². The third kappa shape index (κ3) is 7.98. The summed E-state index contributed by atoms with van der Waals surface area (Å²) in [7, 11) is 0. The van der Waals surface area contributed by atoms with Gasteiger partial charge in [0.2, 0.25) is 11.9 Å². The number of carbonyl (C=O) groups excluding carboxylic acids is 1. The molecule has 4 aromatic heterocycles. The standard InChI is InChI=1S/C34H33F3N8O4S.ClH/c1-16(18-5-7-21(8-6-18)49-34(35,36)37)40-33-41-17(2)25(32-44-27-24(50-32)11-14-39-26(27)19-3-4-19)30(45-33)43-23-15-22(28(46)29(23)47)31(48)42-20-9-12-38-13-10-20;/h5-14,16,19,22-23,28-29,46-47H,3-4,15H2,1-2H3,(H,38,42,48)(H2,40,41,43,45);1H/t16-,22+,23-,28-,29+;/m1./s1. The third-order valence-electron chi connectivity index (χ3n) is 8.85. The molecule has 5 atom stereocenters. The van der Waals surface area contributed by atoms with Crippen LogP contribution in [0.1, 0.15) is 55.1 Å². The Balaban J connectivity index is 0.00000448. The number of nitrogens with zero attached hydrogens (tertiary/aromatic N) is 5. The zero-order valence-corrected chi connectivity index (χ0v) is 28.9. The molecule has 2 aliphatic carbocycles. The molecule has 268 valence electrons. The lowest BCUT2D eigenvalue weighted by molar-refractivity contribution is -0.274. The number of hydrogen-bond donors (Lipinski definition) is 5. The molecular formula is C34H34ClF3N8O4S. The Morgan fingerprint density at radius 1 is 1.00 bits per heavy atom. The molecule has 0 aliphatic heterocycles. The molecule has 5 aromatic rings. The normalized spacial score (nSPS) is 20.8. The highest BCUT2D eigenvalue weighted by Gasteiger charge is 2.45. The van der Waals surface area contributed by atoms with E-state index in [1.54, 1.807) is 25.3 Å². The fraction of sp³-hybridized carbons (Fsp3) is 0.353. The molecule has 2 fully saturated rings. The van der Waals surface area contributed by atoms with Gasteiger partial charge in [0.1, 0.15) is 28.2 Å². The van der Waals surface area contributed by atoms with Gasteiger partial charge in [-0.3, -0.25) is 14.8 Å². The number of alkyl halides is 3. The van der Waals surface area contributed by atoms with Crippen LogP contribution in [0.4, 0.5) is 30.6 Å². The number of amides is 1. The minimum atomic E-state index is -4.80. The number of nitrogens with one attached hydrogen (secondary N) is 3. The minimum Gasteiger partial charge on any atom is -0.406 e. The molecule has 5 N–H and O–H groups in total. The molecule has 1 amide bonds. The van der Waals surface area contributed by atoms with E-state index in [0.29, 0.717) is 39.3 Å². The number of aliphatic hydroxyl groups is 2. The highest BCUT2D eigenvalue weighted by molar-refractivity contribution is 7.21. The second-order valence-corrected chi connectivity index (χ2v) is 13.5. The number of carbonyl (C=O) groups is 1. The quantitative estimate of drug-likeness (QED) is 0.108. The van der Waals surface area contributed by atoms with Crippen molar-refractivity contribution in [1.29, 1.82) is 0 Å². The first-order chi connectivity index (χ1) is 23.9. The topological polar surface area (TPSA) is 167 Å². The van der Waals surface area contributed by atoms with Crippen molar-refractivity contribution in [2.75, 3.05) is 16.0 Å². The second-order valence-electron chi connectivity index (χ2n) is 12.5. The van der Waals surface area contributed by atoms with E-state index in [1.165, 1.54) is 48.0 Å². The smallest absolute Gasteiger partial charge is 0.406 e. The number of aryl methyl sites for hydroxylation is 1. The molecule has 2 aliphatic rings. The third-order valence-corrected chi connectivity index (χ3v) is 9.89. The lowest BCUT2D eigenvalue weighted by atomic mass is 10.0. The average molecular weight is 743 g/mol. The maximum Gasteiger partial charge on any atom is 0.573 e. The van der Waals surface area contributed by atoms with Gasteiger partial charge in [0.25, 0.3) is 0 Å². The lowest BCUT2D eigenvalue weighted by Gasteiger charge is -2.22. The summed E-state index contributed by atoms with van der Waals surface area (Å²) < 4.78 is 42.9. The molecule has 2 saturated carbocycles. The molecule has 0 unspecified atom stereocenters. The number of pyridine rings is 2. The minimum absolute atomic E-state index is 0. The molecular weight excluding hydrogens is 709 g/mol. The first-order valence-corrected chi connectivity index (χ1v) is 16.9. The largest absolute Gasteiger partial charge is 0.573 e. The Bertz CT molecular complexity index is 2020. The van der Waals surface area contributed by atoms with Gasteiger partial charge in [-0.15, -0.1) is 36.9 Å². The number of hydrogen-bond acceptors (Lipinski definition) is 12. The molecule has 12 nitrogen and oxygen atoms in total. The van der Waals surface area contributed by atoms with Crippen LogP contribution < -0.4 is 20.7 Å². The summed E-state index contributed by atoms with van der Waals surface area (Å²) in [4.78, 5) is 36.2. The van der Waals surface area contributed by atoms with Crippen LogP contribution >= 0.6 is 23.7 Å². The molecule has 0 bridgehead atoms. The first-order valence-electron chi connectivity index (χ1n) is 16.0. The number of thiazole rings is 1. The summed E-state index contributed by atoms with van der Waals surface area (Å²) in [6.45, 7) is 3.61. The predicted molar refractivity (Wildman–Crippen MR) is 188 cm³/mol. The summed E-state index contributed by atoms with van der Waals surface area (Å²) >= 11 is 1.46. The van der Waals surface area contributed by atoms with Crippen LogP contribution in [0, 0.1) is 12.8 Å². The van der Waals surface area contributed by atoms with E-state index < -0.39 is 42.5 Å². The van der Waals surface area contributed by atoms with Gasteiger partial charge in [-0.2, -0.15) is 4.98 Å². The monoisotopic (exact) mass is 742 g/mol. The van der Waals surface area contributed by atoms with E-state index in [0.717, 1.165) is 28.8 Å². The fourth-order valence-electron chi connectivity index (χ4n) is 6.15. The van der Waals surface area contributed by atoms with Gasteiger partial charge in [-0.25, -0.2) is 9.97 Å². The number of benzene rings is 1. The van der Waals surface area contributed by atoms with Crippen LogP contribution in [-0.4, -0.2) is 65.7 Å². The van der Waals surface area contributed by atoms with Crippen molar-refractivity contribution in [1.82, 2.24) is 24.9 Å². The van der Waals surface area contributed by atoms with E-state index in [4.69, 9.17) is 15.0 Å². The van der Waals surface area contributed by atoms with Crippen LogP contribution in [0.15, 0.2) is 61.1 Å². The number of rotatable bonds is 10. The summed E-state index contributed by atoms with van der Waals surface area (Å²) in [5.41, 5.74) is 4.09. The summed E-state index contributed by atoms with van der Waals surface area (Å²) in [6.07, 6.45) is -0.383. The van der Waals surface area contributed by atoms with E-state index >= 15 is 0 Å². The van der Waals surface area contributed by atoms with E-state index in [-0.39, 0.29) is 30.5 Å². The summed E-state index contributed by atoms with van der Waals surface area (Å²) in [6, 6.07) is 9.46. The molecule has 0 spiro atoms. The van der Waals surface area contributed by atoms with Gasteiger partial charge in [0.05, 0.1) is 45.8 Å². The molecule has 7 rings (SSSR count). The first kappa shape index (κ1) is 36.2. The zero-order valence-electron chi connectivity index (χ0n) is 27.3. The lowest BCUT2D eigenvalue weighted by Crippen LogP contribution is -2.37. The molecule has 1 aromatic carbocycles. The van der Waals surface area contributed by atoms with Crippen LogP contribution in [-0.2, 0) is 4.79 Å². The fourth-order valence-corrected chi connectivity index (χ4v) is 7.22.